The van der Waals surface area contributed by atoms with Gasteiger partial charge < -0.3 is 20.1 Å². The zero-order valence-corrected chi connectivity index (χ0v) is 14.7. The van der Waals surface area contributed by atoms with Crippen molar-refractivity contribution in [2.75, 3.05) is 20.3 Å². The maximum absolute atomic E-state index is 13.0. The van der Waals surface area contributed by atoms with E-state index in [9.17, 15) is 9.59 Å². The Bertz CT molecular complexity index is 789. The summed E-state index contributed by atoms with van der Waals surface area (Å²) < 4.78 is 10.5. The molecular formula is C20H22N2O4. The van der Waals surface area contributed by atoms with Gasteiger partial charge in [0.05, 0.1) is 13.2 Å². The molecule has 6 nitrogen and oxygen atoms in total. The lowest BCUT2D eigenvalue weighted by atomic mass is 10.0. The van der Waals surface area contributed by atoms with Crippen LogP contribution in [0.5, 0.6) is 11.5 Å². The number of nitrogens with zero attached hydrogens (tertiary/aromatic N) is 1. The van der Waals surface area contributed by atoms with Gasteiger partial charge in [-0.3, -0.25) is 9.59 Å². The summed E-state index contributed by atoms with van der Waals surface area (Å²) in [4.78, 5) is 25.7. The number of ether oxygens (including phenoxy) is 2. The predicted molar refractivity (Wildman–Crippen MR) is 97.1 cm³/mol. The number of carbonyl (C=O) groups excluding carboxylic acids is 2. The number of benzene rings is 2. The molecule has 1 atom stereocenters. The lowest BCUT2D eigenvalue weighted by Crippen LogP contribution is -2.30. The fraction of sp³-hybridized carbons (Fsp3) is 0.300. The van der Waals surface area contributed by atoms with Crippen LogP contribution in [0.2, 0.25) is 0 Å². The van der Waals surface area contributed by atoms with Crippen molar-refractivity contribution in [1.29, 1.82) is 0 Å². The van der Waals surface area contributed by atoms with Gasteiger partial charge in [0.2, 0.25) is 0 Å². The SMILES string of the molecule is COc1ccc(C2CCCN2C(=O)c2cccc(OCC(N)=O)c2)cc1. The molecule has 0 aliphatic carbocycles. The molecular weight excluding hydrogens is 332 g/mol. The van der Waals surface area contributed by atoms with Crippen molar-refractivity contribution in [1.82, 2.24) is 4.90 Å². The van der Waals surface area contributed by atoms with Crippen molar-refractivity contribution in [3.05, 3.63) is 59.7 Å². The number of carbonyl (C=O) groups is 2. The molecule has 1 unspecified atom stereocenters. The highest BCUT2D eigenvalue weighted by Crippen LogP contribution is 2.34. The molecule has 136 valence electrons. The monoisotopic (exact) mass is 354 g/mol. The average Bonchev–Trinajstić information content (AvgIpc) is 3.16. The van der Waals surface area contributed by atoms with Crippen LogP contribution in [0.4, 0.5) is 0 Å². The summed E-state index contributed by atoms with van der Waals surface area (Å²) in [6, 6.07) is 14.7. The van der Waals surface area contributed by atoms with Gasteiger partial charge in [-0.1, -0.05) is 18.2 Å². The number of hydrogen-bond acceptors (Lipinski definition) is 4. The van der Waals surface area contributed by atoms with E-state index < -0.39 is 5.91 Å². The third-order valence-electron chi connectivity index (χ3n) is 4.48. The molecule has 1 saturated heterocycles. The van der Waals surface area contributed by atoms with E-state index in [4.69, 9.17) is 15.2 Å². The van der Waals surface area contributed by atoms with Gasteiger partial charge in [-0.05, 0) is 48.7 Å². The van der Waals surface area contributed by atoms with Crippen LogP contribution in [0.3, 0.4) is 0 Å². The summed E-state index contributed by atoms with van der Waals surface area (Å²) >= 11 is 0. The van der Waals surface area contributed by atoms with Crippen molar-refractivity contribution in [2.24, 2.45) is 5.73 Å². The third-order valence-corrected chi connectivity index (χ3v) is 4.48. The molecule has 0 radical (unpaired) electrons. The van der Waals surface area contributed by atoms with Crippen LogP contribution < -0.4 is 15.2 Å². The van der Waals surface area contributed by atoms with Gasteiger partial charge in [0.1, 0.15) is 11.5 Å². The largest absolute Gasteiger partial charge is 0.497 e. The Morgan fingerprint density at radius 1 is 1.15 bits per heavy atom. The Hall–Kier alpha value is -3.02. The number of methoxy groups -OCH3 is 1. The maximum atomic E-state index is 13.0. The van der Waals surface area contributed by atoms with E-state index in [1.807, 2.05) is 29.2 Å². The molecule has 1 aliphatic heterocycles. The van der Waals surface area contributed by atoms with Gasteiger partial charge in [0.15, 0.2) is 6.61 Å². The maximum Gasteiger partial charge on any atom is 0.255 e. The molecule has 2 aromatic carbocycles. The lowest BCUT2D eigenvalue weighted by Gasteiger charge is -2.25. The van der Waals surface area contributed by atoms with Gasteiger partial charge in [-0.25, -0.2) is 0 Å². The van der Waals surface area contributed by atoms with E-state index in [2.05, 4.69) is 0 Å². The van der Waals surface area contributed by atoms with Crippen LogP contribution in [0.25, 0.3) is 0 Å². The van der Waals surface area contributed by atoms with Crippen LogP contribution in [0, 0.1) is 0 Å². The molecule has 6 heteroatoms. The molecule has 1 aliphatic rings. The molecule has 26 heavy (non-hydrogen) atoms. The summed E-state index contributed by atoms with van der Waals surface area (Å²) in [7, 11) is 1.63. The van der Waals surface area contributed by atoms with Crippen LogP contribution in [0.15, 0.2) is 48.5 Å². The highest BCUT2D eigenvalue weighted by molar-refractivity contribution is 5.95. The minimum absolute atomic E-state index is 0.0450. The van der Waals surface area contributed by atoms with Gasteiger partial charge in [0, 0.05) is 12.1 Å². The first-order valence-electron chi connectivity index (χ1n) is 8.54. The second-order valence-corrected chi connectivity index (χ2v) is 6.21. The Morgan fingerprint density at radius 2 is 1.92 bits per heavy atom. The third kappa shape index (κ3) is 3.96. The highest BCUT2D eigenvalue weighted by atomic mass is 16.5. The van der Waals surface area contributed by atoms with E-state index in [0.29, 0.717) is 17.9 Å². The predicted octanol–water partition coefficient (Wildman–Crippen LogP) is 2.54. The summed E-state index contributed by atoms with van der Waals surface area (Å²) in [5.41, 5.74) is 6.72. The van der Waals surface area contributed by atoms with Crippen molar-refractivity contribution in [2.45, 2.75) is 18.9 Å². The van der Waals surface area contributed by atoms with Gasteiger partial charge in [0.25, 0.3) is 11.8 Å². The van der Waals surface area contributed by atoms with Gasteiger partial charge in [-0.2, -0.15) is 0 Å². The fourth-order valence-electron chi connectivity index (χ4n) is 3.22. The van der Waals surface area contributed by atoms with Crippen molar-refractivity contribution < 1.29 is 19.1 Å². The van der Waals surface area contributed by atoms with Crippen LogP contribution in [-0.4, -0.2) is 37.0 Å². The number of hydrogen-bond donors (Lipinski definition) is 1. The minimum atomic E-state index is -0.555. The smallest absolute Gasteiger partial charge is 0.255 e. The molecule has 0 saturated carbocycles. The molecule has 0 bridgehead atoms. The average molecular weight is 354 g/mol. The number of rotatable bonds is 6. The standard InChI is InChI=1S/C20H22N2O4/c1-25-16-9-7-14(8-10-16)18-6-3-11-22(18)20(24)15-4-2-5-17(12-15)26-13-19(21)23/h2,4-5,7-10,12,18H,3,6,11,13H2,1H3,(H2,21,23). The molecule has 2 aromatic rings. The number of likely N-dealkylation sites (tertiary alicyclic amines) is 1. The molecule has 0 aromatic heterocycles. The zero-order valence-electron chi connectivity index (χ0n) is 14.7. The molecule has 1 fully saturated rings. The second-order valence-electron chi connectivity index (χ2n) is 6.21. The lowest BCUT2D eigenvalue weighted by molar-refractivity contribution is -0.119. The van der Waals surface area contributed by atoms with Crippen molar-refractivity contribution in [3.8, 4) is 11.5 Å². The molecule has 2 N–H and O–H groups in total. The van der Waals surface area contributed by atoms with E-state index in [1.54, 1.807) is 31.4 Å². The normalized spacial score (nSPS) is 16.3. The first-order valence-corrected chi connectivity index (χ1v) is 8.54. The van der Waals surface area contributed by atoms with Crippen molar-refractivity contribution in [3.63, 3.8) is 0 Å². The van der Waals surface area contributed by atoms with Crippen molar-refractivity contribution >= 4 is 11.8 Å². The molecule has 3 rings (SSSR count). The Morgan fingerprint density at radius 3 is 2.62 bits per heavy atom. The Kier molecular flexibility index (Phi) is 5.41. The molecule has 1 heterocycles. The minimum Gasteiger partial charge on any atom is -0.497 e. The second kappa shape index (κ2) is 7.91. The number of nitrogens with two attached hydrogens (primary N) is 1. The zero-order chi connectivity index (χ0) is 18.5. The van der Waals surface area contributed by atoms with E-state index in [0.717, 1.165) is 24.2 Å². The van der Waals surface area contributed by atoms with Crippen LogP contribution in [0.1, 0.15) is 34.8 Å². The highest BCUT2D eigenvalue weighted by Gasteiger charge is 2.30. The van der Waals surface area contributed by atoms with Crippen LogP contribution in [-0.2, 0) is 4.79 Å². The van der Waals surface area contributed by atoms with E-state index >= 15 is 0 Å². The topological polar surface area (TPSA) is 81.9 Å². The number of amides is 2. The summed E-state index contributed by atoms with van der Waals surface area (Å²) in [5, 5.41) is 0. The first-order chi connectivity index (χ1) is 12.6. The number of primary amides is 1. The first kappa shape index (κ1) is 17.8. The van der Waals surface area contributed by atoms with Gasteiger partial charge >= 0.3 is 0 Å². The Labute approximate surface area is 152 Å². The molecule has 2 amide bonds. The van der Waals surface area contributed by atoms with Gasteiger partial charge in [-0.15, -0.1) is 0 Å². The quantitative estimate of drug-likeness (QED) is 0.864. The Balaban J connectivity index is 1.77. The fourth-order valence-corrected chi connectivity index (χ4v) is 3.22. The molecule has 0 spiro atoms. The van der Waals surface area contributed by atoms with E-state index in [1.165, 1.54) is 0 Å². The summed E-state index contributed by atoms with van der Waals surface area (Å²) in [6.07, 6.45) is 1.89. The van der Waals surface area contributed by atoms with E-state index in [-0.39, 0.29) is 18.6 Å². The van der Waals surface area contributed by atoms with Crippen LogP contribution >= 0.6 is 0 Å². The summed E-state index contributed by atoms with van der Waals surface area (Å²) in [5.74, 6) is 0.646. The summed E-state index contributed by atoms with van der Waals surface area (Å²) in [6.45, 7) is 0.498.